The lowest BCUT2D eigenvalue weighted by molar-refractivity contribution is -0.138. The number of rotatable bonds is 16. The number of aromatic amines is 1. The summed E-state index contributed by atoms with van der Waals surface area (Å²) in [5, 5.41) is 35.4. The lowest BCUT2D eigenvalue weighted by atomic mass is 9.76. The highest BCUT2D eigenvalue weighted by molar-refractivity contribution is 6.05. The number of aliphatic hydroxyl groups is 2. The fraction of sp³-hybridized carbons (Fsp3) is 0.529. The van der Waals surface area contributed by atoms with Crippen LogP contribution < -0.4 is 15.8 Å². The van der Waals surface area contributed by atoms with Crippen molar-refractivity contribution in [3.05, 3.63) is 70.8 Å². The highest BCUT2D eigenvalue weighted by Gasteiger charge is 2.31. The van der Waals surface area contributed by atoms with E-state index in [0.717, 1.165) is 17.7 Å². The van der Waals surface area contributed by atoms with Crippen molar-refractivity contribution in [1.82, 2.24) is 10.3 Å². The topological polar surface area (TPSA) is 158 Å². The van der Waals surface area contributed by atoms with Gasteiger partial charge in [0.05, 0.1) is 12.9 Å². The third-order valence-corrected chi connectivity index (χ3v) is 8.93. The first-order valence-electron chi connectivity index (χ1n) is 15.6. The molecule has 7 N–H and O–H groups in total. The third kappa shape index (κ3) is 8.74. The second-order valence-electron chi connectivity index (χ2n) is 12.0. The zero-order valence-corrected chi connectivity index (χ0v) is 25.2. The lowest BCUT2D eigenvalue weighted by Crippen LogP contribution is -2.30. The smallest absolute Gasteiger partial charge is 0.170 e. The van der Waals surface area contributed by atoms with E-state index in [9.17, 15) is 24.9 Å². The van der Waals surface area contributed by atoms with E-state index < -0.39 is 23.6 Å². The standard InChI is InChI=1S/C34H47N3O6/c1-43-30-18-23(12-13-29(40)34(42)28(39)11-5-9-22-7-3-2-4-8-22)17-27(33(30)41)32(24-14-16-37-31(35)20-24)25(21-38)19-26-10-6-15-36-26/h6,10,14-15,17-18,20,22,25,32,34,36-38,41-42H,2-5,7-9,11-13,16,19,21,35H2,1H3. The van der Waals surface area contributed by atoms with Gasteiger partial charge in [-0.3, -0.25) is 9.59 Å². The minimum absolute atomic E-state index is 0.0288. The van der Waals surface area contributed by atoms with Crippen molar-refractivity contribution in [3.8, 4) is 11.5 Å². The fourth-order valence-electron chi connectivity index (χ4n) is 6.55. The van der Waals surface area contributed by atoms with Gasteiger partial charge in [-0.05, 0) is 66.5 Å². The molecule has 1 aliphatic carbocycles. The number of ketones is 2. The van der Waals surface area contributed by atoms with Gasteiger partial charge in [-0.2, -0.15) is 0 Å². The van der Waals surface area contributed by atoms with E-state index in [-0.39, 0.29) is 43.3 Å². The van der Waals surface area contributed by atoms with Crippen LogP contribution in [-0.4, -0.2) is 58.2 Å². The molecule has 2 heterocycles. The molecule has 3 unspecified atom stereocenters. The number of phenols is 1. The Hall–Kier alpha value is -3.56. The summed E-state index contributed by atoms with van der Waals surface area (Å²) < 4.78 is 5.51. The number of allylic oxidation sites excluding steroid dienone is 2. The van der Waals surface area contributed by atoms with Gasteiger partial charge in [0, 0.05) is 49.4 Å². The number of methoxy groups -OCH3 is 1. The first kappa shape index (κ1) is 32.4. The summed E-state index contributed by atoms with van der Waals surface area (Å²) in [4.78, 5) is 28.6. The molecule has 1 fully saturated rings. The van der Waals surface area contributed by atoms with E-state index in [0.29, 0.717) is 42.3 Å². The van der Waals surface area contributed by atoms with Crippen molar-refractivity contribution >= 4 is 11.6 Å². The molecule has 2 aromatic rings. The number of dihydropyridines is 1. The summed E-state index contributed by atoms with van der Waals surface area (Å²) in [6, 6.07) is 7.33. The molecular weight excluding hydrogens is 546 g/mol. The number of aromatic nitrogens is 1. The monoisotopic (exact) mass is 593 g/mol. The number of aliphatic hydroxyl groups excluding tert-OH is 2. The Morgan fingerprint density at radius 3 is 2.58 bits per heavy atom. The maximum Gasteiger partial charge on any atom is 0.170 e. The van der Waals surface area contributed by atoms with Crippen LogP contribution in [0.2, 0.25) is 0 Å². The third-order valence-electron chi connectivity index (χ3n) is 8.93. The molecule has 43 heavy (non-hydrogen) atoms. The molecule has 1 aromatic heterocycles. The van der Waals surface area contributed by atoms with Gasteiger partial charge >= 0.3 is 0 Å². The summed E-state index contributed by atoms with van der Waals surface area (Å²) in [5.41, 5.74) is 9.16. The van der Waals surface area contributed by atoms with Crippen molar-refractivity contribution in [2.75, 3.05) is 20.3 Å². The lowest BCUT2D eigenvalue weighted by Gasteiger charge is -2.30. The normalized spacial score (nSPS) is 17.7. The van der Waals surface area contributed by atoms with Crippen LogP contribution in [0.25, 0.3) is 0 Å². The number of nitrogens with two attached hydrogens (primary N) is 1. The van der Waals surface area contributed by atoms with Crippen molar-refractivity contribution in [2.24, 2.45) is 17.6 Å². The summed E-state index contributed by atoms with van der Waals surface area (Å²) in [6.45, 7) is 0.356. The SMILES string of the molecule is COc1cc(CCC(=O)C(O)C(=O)CCCC2CCCCC2)cc(C(C2=CCNC(N)=C2)C(CO)Cc2ccc[nH]2)c1O. The first-order chi connectivity index (χ1) is 20.8. The van der Waals surface area contributed by atoms with E-state index in [1.807, 2.05) is 36.5 Å². The molecule has 3 atom stereocenters. The van der Waals surface area contributed by atoms with Crippen molar-refractivity contribution < 1.29 is 29.6 Å². The number of phenolic OH excluding ortho intramolecular Hbond substituents is 1. The molecular formula is C34H47N3O6. The molecule has 0 saturated heterocycles. The number of ether oxygens (including phenoxy) is 1. The van der Waals surface area contributed by atoms with E-state index in [2.05, 4.69) is 10.3 Å². The van der Waals surface area contributed by atoms with Crippen LogP contribution in [0, 0.1) is 11.8 Å². The van der Waals surface area contributed by atoms with Crippen LogP contribution in [0.15, 0.2) is 54.0 Å². The molecule has 1 aromatic carbocycles. The van der Waals surface area contributed by atoms with E-state index >= 15 is 0 Å². The minimum Gasteiger partial charge on any atom is -0.504 e. The van der Waals surface area contributed by atoms with E-state index in [4.69, 9.17) is 10.5 Å². The number of carbonyl (C=O) groups is 2. The van der Waals surface area contributed by atoms with E-state index in [1.165, 1.54) is 39.2 Å². The summed E-state index contributed by atoms with van der Waals surface area (Å²) in [5.74, 6) is -0.337. The van der Waals surface area contributed by atoms with Gasteiger partial charge in [0.25, 0.3) is 0 Å². The second kappa shape index (κ2) is 15.8. The molecule has 0 spiro atoms. The zero-order valence-electron chi connectivity index (χ0n) is 25.2. The molecule has 0 radical (unpaired) electrons. The number of aryl methyl sites for hydroxylation is 1. The predicted molar refractivity (Wildman–Crippen MR) is 166 cm³/mol. The van der Waals surface area contributed by atoms with Crippen LogP contribution in [0.1, 0.15) is 80.5 Å². The van der Waals surface area contributed by atoms with E-state index in [1.54, 1.807) is 6.07 Å². The minimum atomic E-state index is -1.62. The molecule has 9 nitrogen and oxygen atoms in total. The molecule has 4 rings (SSSR count). The van der Waals surface area contributed by atoms with Crippen LogP contribution in [0.4, 0.5) is 0 Å². The average molecular weight is 594 g/mol. The zero-order chi connectivity index (χ0) is 30.8. The molecule has 2 aliphatic rings. The fourth-order valence-corrected chi connectivity index (χ4v) is 6.55. The summed E-state index contributed by atoms with van der Waals surface area (Å²) in [7, 11) is 1.46. The largest absolute Gasteiger partial charge is 0.504 e. The number of benzene rings is 1. The molecule has 1 aliphatic heterocycles. The van der Waals surface area contributed by atoms with Gasteiger partial charge in [-0.1, -0.05) is 50.7 Å². The number of hydrogen-bond donors (Lipinski definition) is 6. The number of Topliss-reactive ketones (excluding diaryl/α,β-unsaturated/α-hetero) is 2. The summed E-state index contributed by atoms with van der Waals surface area (Å²) in [6.07, 6.45) is 12.8. The second-order valence-corrected chi connectivity index (χ2v) is 12.0. The van der Waals surface area contributed by atoms with Gasteiger partial charge in [-0.15, -0.1) is 0 Å². The van der Waals surface area contributed by atoms with Crippen LogP contribution >= 0.6 is 0 Å². The predicted octanol–water partition coefficient (Wildman–Crippen LogP) is 4.18. The summed E-state index contributed by atoms with van der Waals surface area (Å²) >= 11 is 0. The highest BCUT2D eigenvalue weighted by Crippen LogP contribution is 2.44. The Labute approximate surface area is 254 Å². The number of carbonyl (C=O) groups excluding carboxylic acids is 2. The maximum absolute atomic E-state index is 12.9. The Kier molecular flexibility index (Phi) is 11.9. The Morgan fingerprint density at radius 2 is 1.91 bits per heavy atom. The van der Waals surface area contributed by atoms with Gasteiger partial charge in [0.2, 0.25) is 0 Å². The number of nitrogens with one attached hydrogen (secondary N) is 2. The van der Waals surface area contributed by atoms with Crippen molar-refractivity contribution in [3.63, 3.8) is 0 Å². The van der Waals surface area contributed by atoms with Gasteiger partial charge in [0.15, 0.2) is 29.2 Å². The van der Waals surface area contributed by atoms with Gasteiger partial charge in [-0.25, -0.2) is 0 Å². The van der Waals surface area contributed by atoms with Gasteiger partial charge < -0.3 is 36.1 Å². The van der Waals surface area contributed by atoms with Crippen LogP contribution in [0.3, 0.4) is 0 Å². The molecule has 234 valence electrons. The molecule has 1 saturated carbocycles. The number of aromatic hydroxyl groups is 1. The average Bonchev–Trinajstić information content (AvgIpc) is 3.54. The first-order valence-corrected chi connectivity index (χ1v) is 15.6. The van der Waals surface area contributed by atoms with Crippen molar-refractivity contribution in [2.45, 2.75) is 82.7 Å². The van der Waals surface area contributed by atoms with Crippen molar-refractivity contribution in [1.29, 1.82) is 0 Å². The quantitative estimate of drug-likeness (QED) is 0.158. The molecule has 9 heteroatoms. The van der Waals surface area contributed by atoms with Crippen LogP contribution in [-0.2, 0) is 22.4 Å². The number of H-pyrrole nitrogens is 1. The van der Waals surface area contributed by atoms with Crippen LogP contribution in [0.5, 0.6) is 11.5 Å². The molecule has 0 bridgehead atoms. The number of hydrogen-bond acceptors (Lipinski definition) is 8. The highest BCUT2D eigenvalue weighted by atomic mass is 16.5. The Balaban J connectivity index is 1.50. The maximum atomic E-state index is 12.9. The van der Waals surface area contributed by atoms with Gasteiger partial charge in [0.1, 0.15) is 0 Å². The Bertz CT molecular complexity index is 1280. The Morgan fingerprint density at radius 1 is 1.14 bits per heavy atom. The molecule has 0 amide bonds.